The molecule has 6 nitrogen and oxygen atoms in total. The molecule has 30 heavy (non-hydrogen) atoms. The third-order valence-electron chi connectivity index (χ3n) is 4.68. The second-order valence-corrected chi connectivity index (χ2v) is 7.24. The molecule has 0 saturated carbocycles. The highest BCUT2D eigenvalue weighted by atomic mass is 19.4. The van der Waals surface area contributed by atoms with Gasteiger partial charge in [0.1, 0.15) is 11.4 Å². The number of nitrogens with zero attached hydrogens (tertiary/aromatic N) is 3. The van der Waals surface area contributed by atoms with Gasteiger partial charge >= 0.3 is 6.18 Å². The number of ether oxygens (including phenoxy) is 1. The van der Waals surface area contributed by atoms with Crippen molar-refractivity contribution >= 4 is 10.9 Å². The van der Waals surface area contributed by atoms with Crippen molar-refractivity contribution in [2.75, 3.05) is 0 Å². The van der Waals surface area contributed by atoms with Gasteiger partial charge in [-0.25, -0.2) is 0 Å². The SMILES string of the molecule is C[C@@H]1CC(O)C[C@H](C)O1.Oc1cc(C(F)(F)F)ccc1-c1nncc2ncccc12. The summed E-state index contributed by atoms with van der Waals surface area (Å²) in [6.45, 7) is 4.00. The Bertz CT molecular complexity index is 983. The molecule has 3 atom stereocenters. The number of phenolic OH excluding ortho intramolecular Hbond substituents is 1. The number of aliphatic hydroxyl groups is 1. The number of aromatic nitrogens is 3. The number of hydrogen-bond donors (Lipinski definition) is 2. The summed E-state index contributed by atoms with van der Waals surface area (Å²) in [5, 5.41) is 27.3. The number of halogens is 3. The molecule has 1 aromatic carbocycles. The number of hydrogen-bond acceptors (Lipinski definition) is 6. The van der Waals surface area contributed by atoms with Gasteiger partial charge in [-0.15, -0.1) is 5.10 Å². The Morgan fingerprint density at radius 2 is 1.80 bits per heavy atom. The van der Waals surface area contributed by atoms with Crippen LogP contribution in [0.2, 0.25) is 0 Å². The lowest BCUT2D eigenvalue weighted by molar-refractivity contribution is -0.137. The maximum Gasteiger partial charge on any atom is 0.416 e. The molecule has 0 amide bonds. The van der Waals surface area contributed by atoms with Gasteiger partial charge in [-0.1, -0.05) is 0 Å². The van der Waals surface area contributed by atoms with Gasteiger partial charge in [0.05, 0.1) is 35.6 Å². The molecule has 2 N–H and O–H groups in total. The van der Waals surface area contributed by atoms with Crippen LogP contribution in [0.1, 0.15) is 32.3 Å². The summed E-state index contributed by atoms with van der Waals surface area (Å²) in [6.07, 6.45) is 0.438. The van der Waals surface area contributed by atoms with Gasteiger partial charge in [0, 0.05) is 17.1 Å². The molecule has 1 aliphatic heterocycles. The topological polar surface area (TPSA) is 88.4 Å². The highest BCUT2D eigenvalue weighted by molar-refractivity contribution is 5.92. The van der Waals surface area contributed by atoms with Gasteiger partial charge in [0.2, 0.25) is 0 Å². The standard InChI is InChI=1S/C14H8F3N3O.C7H14O2/c15-14(16,17)8-3-4-10(12(21)6-8)13-9-2-1-5-18-11(9)7-19-20-13;1-5-3-7(8)4-6(2)9-5/h1-7,21H;5-8H,3-4H2,1-2H3/t;5-,6+,7?. The van der Waals surface area contributed by atoms with E-state index in [0.717, 1.165) is 18.9 Å². The number of pyridine rings is 1. The fraction of sp³-hybridized carbons (Fsp3) is 0.381. The molecule has 1 aliphatic rings. The molecule has 3 heterocycles. The van der Waals surface area contributed by atoms with E-state index in [0.29, 0.717) is 17.0 Å². The van der Waals surface area contributed by atoms with Gasteiger partial charge in [-0.05, 0) is 57.0 Å². The zero-order valence-corrected chi connectivity index (χ0v) is 16.5. The second-order valence-electron chi connectivity index (χ2n) is 7.24. The lowest BCUT2D eigenvalue weighted by Gasteiger charge is -2.28. The van der Waals surface area contributed by atoms with E-state index in [1.165, 1.54) is 12.3 Å². The fourth-order valence-corrected chi connectivity index (χ4v) is 3.39. The Morgan fingerprint density at radius 1 is 1.10 bits per heavy atom. The Hall–Kier alpha value is -2.78. The summed E-state index contributed by atoms with van der Waals surface area (Å²) in [5.74, 6) is -0.504. The smallest absolute Gasteiger partial charge is 0.416 e. The molecule has 1 unspecified atom stereocenters. The maximum absolute atomic E-state index is 12.6. The van der Waals surface area contributed by atoms with Gasteiger partial charge in [0.15, 0.2) is 0 Å². The van der Waals surface area contributed by atoms with Gasteiger partial charge in [-0.3, -0.25) is 4.98 Å². The molecule has 0 spiro atoms. The lowest BCUT2D eigenvalue weighted by atomic mass is 10.0. The van der Waals surface area contributed by atoms with Crippen molar-refractivity contribution in [2.24, 2.45) is 0 Å². The van der Waals surface area contributed by atoms with Gasteiger partial charge < -0.3 is 14.9 Å². The predicted molar refractivity (Wildman–Crippen MR) is 105 cm³/mol. The Labute approximate surface area is 171 Å². The number of rotatable bonds is 1. The lowest BCUT2D eigenvalue weighted by Crippen LogP contribution is -2.32. The first-order chi connectivity index (χ1) is 14.1. The zero-order valence-electron chi connectivity index (χ0n) is 16.5. The van der Waals surface area contributed by atoms with Crippen LogP contribution in [0.3, 0.4) is 0 Å². The third kappa shape index (κ3) is 5.22. The van der Waals surface area contributed by atoms with Crippen LogP contribution >= 0.6 is 0 Å². The minimum atomic E-state index is -4.51. The first-order valence-electron chi connectivity index (χ1n) is 9.45. The van der Waals surface area contributed by atoms with E-state index in [1.807, 2.05) is 13.8 Å². The van der Waals surface area contributed by atoms with E-state index >= 15 is 0 Å². The monoisotopic (exact) mass is 421 g/mol. The highest BCUT2D eigenvalue weighted by Crippen LogP contribution is 2.37. The predicted octanol–water partition coefficient (Wildman–Crippen LogP) is 4.35. The number of fused-ring (bicyclic) bond motifs is 1. The van der Waals surface area contributed by atoms with Gasteiger partial charge in [0.25, 0.3) is 0 Å². The quantitative estimate of drug-likeness (QED) is 0.607. The molecular weight excluding hydrogens is 399 g/mol. The number of aromatic hydroxyl groups is 1. The number of alkyl halides is 3. The average molecular weight is 421 g/mol. The van der Waals surface area contributed by atoms with E-state index in [2.05, 4.69) is 15.2 Å². The minimum Gasteiger partial charge on any atom is -0.507 e. The summed E-state index contributed by atoms with van der Waals surface area (Å²) in [7, 11) is 0. The van der Waals surface area contributed by atoms with Crippen molar-refractivity contribution in [1.29, 1.82) is 0 Å². The minimum absolute atomic E-state index is 0.135. The maximum atomic E-state index is 12.6. The Morgan fingerprint density at radius 3 is 2.40 bits per heavy atom. The zero-order chi connectivity index (χ0) is 21.9. The van der Waals surface area contributed by atoms with Crippen LogP contribution < -0.4 is 0 Å². The van der Waals surface area contributed by atoms with Crippen molar-refractivity contribution in [3.05, 3.63) is 48.3 Å². The molecule has 1 fully saturated rings. The van der Waals surface area contributed by atoms with Crippen molar-refractivity contribution in [2.45, 2.75) is 51.2 Å². The largest absolute Gasteiger partial charge is 0.507 e. The van der Waals surface area contributed by atoms with Crippen molar-refractivity contribution in [1.82, 2.24) is 15.2 Å². The third-order valence-corrected chi connectivity index (χ3v) is 4.68. The Kier molecular flexibility index (Phi) is 6.52. The van der Waals surface area contributed by atoms with E-state index in [-0.39, 0.29) is 29.6 Å². The second kappa shape index (κ2) is 8.93. The molecule has 0 radical (unpaired) electrons. The fourth-order valence-electron chi connectivity index (χ4n) is 3.39. The van der Waals surface area contributed by atoms with Crippen LogP contribution in [-0.2, 0) is 10.9 Å². The van der Waals surface area contributed by atoms with Crippen molar-refractivity contribution in [3.63, 3.8) is 0 Å². The number of phenols is 1. The molecule has 4 rings (SSSR count). The van der Waals surface area contributed by atoms with Crippen molar-refractivity contribution < 1.29 is 28.1 Å². The van der Waals surface area contributed by atoms with Crippen LogP contribution in [0, 0.1) is 0 Å². The Balaban J connectivity index is 0.000000239. The highest BCUT2D eigenvalue weighted by Gasteiger charge is 2.31. The van der Waals surface area contributed by atoms with Crippen LogP contribution in [0.15, 0.2) is 42.7 Å². The summed E-state index contributed by atoms with van der Waals surface area (Å²) < 4.78 is 43.2. The normalized spacial score (nSPS) is 21.7. The van der Waals surface area contributed by atoms with Gasteiger partial charge in [-0.2, -0.15) is 18.3 Å². The summed E-state index contributed by atoms with van der Waals surface area (Å²) in [4.78, 5) is 4.09. The van der Waals surface area contributed by atoms with E-state index in [4.69, 9.17) is 4.74 Å². The summed E-state index contributed by atoms with van der Waals surface area (Å²) in [5.41, 5.74) is 0.0813. The first-order valence-corrected chi connectivity index (χ1v) is 9.45. The summed E-state index contributed by atoms with van der Waals surface area (Å²) in [6, 6.07) is 6.13. The molecule has 160 valence electrons. The molecule has 1 saturated heterocycles. The van der Waals surface area contributed by atoms with Crippen LogP contribution in [-0.4, -0.2) is 43.7 Å². The average Bonchev–Trinajstić information content (AvgIpc) is 2.66. The van der Waals surface area contributed by atoms with E-state index in [9.17, 15) is 23.4 Å². The summed E-state index contributed by atoms with van der Waals surface area (Å²) >= 11 is 0. The van der Waals surface area contributed by atoms with E-state index in [1.54, 1.807) is 18.3 Å². The number of aliphatic hydroxyl groups excluding tert-OH is 1. The molecule has 9 heteroatoms. The molecule has 0 aliphatic carbocycles. The van der Waals surface area contributed by atoms with Crippen LogP contribution in [0.4, 0.5) is 13.2 Å². The van der Waals surface area contributed by atoms with Crippen LogP contribution in [0.5, 0.6) is 5.75 Å². The molecule has 0 bridgehead atoms. The first kappa shape index (κ1) is 21.9. The van der Waals surface area contributed by atoms with E-state index < -0.39 is 17.5 Å². The molecule has 2 aromatic heterocycles. The number of benzene rings is 1. The van der Waals surface area contributed by atoms with Crippen molar-refractivity contribution in [3.8, 4) is 17.0 Å². The molecule has 3 aromatic rings. The molecular formula is C21H22F3N3O3. The van der Waals surface area contributed by atoms with Crippen LogP contribution in [0.25, 0.3) is 22.2 Å².